The quantitative estimate of drug-likeness (QED) is 0.726. The molecule has 0 bridgehead atoms. The summed E-state index contributed by atoms with van der Waals surface area (Å²) >= 11 is 0. The number of fused-ring (bicyclic) bond motifs is 3. The molecule has 4 nitrogen and oxygen atoms in total. The maximum atomic E-state index is 4.54. The average Bonchev–Trinajstić information content (AvgIpc) is 2.69. The molecule has 2 heterocycles. The number of hydrogen-bond acceptors (Lipinski definition) is 3. The van der Waals surface area contributed by atoms with Gasteiger partial charge in [0.1, 0.15) is 6.67 Å². The van der Waals surface area contributed by atoms with Crippen molar-refractivity contribution in [2.75, 3.05) is 11.9 Å². The minimum atomic E-state index is 0.604. The first-order chi connectivity index (χ1) is 7.95. The molecule has 0 radical (unpaired) electrons. The first-order valence-corrected chi connectivity index (χ1v) is 5.29. The number of aromatic nitrogens is 2. The molecule has 0 unspecified atom stereocenters. The summed E-state index contributed by atoms with van der Waals surface area (Å²) in [4.78, 5) is 8.87. The van der Waals surface area contributed by atoms with Crippen LogP contribution in [0.1, 0.15) is 0 Å². The van der Waals surface area contributed by atoms with Crippen molar-refractivity contribution in [3.63, 3.8) is 0 Å². The monoisotopic (exact) mass is 212 g/mol. The van der Waals surface area contributed by atoms with Crippen LogP contribution in [0.15, 0.2) is 41.4 Å². The molecule has 1 aromatic heterocycles. The van der Waals surface area contributed by atoms with Gasteiger partial charge in [0, 0.05) is 12.8 Å². The van der Waals surface area contributed by atoms with Gasteiger partial charge < -0.3 is 5.32 Å². The van der Waals surface area contributed by atoms with Gasteiger partial charge in [0.15, 0.2) is 0 Å². The molecular formula is C12H12N4. The Morgan fingerprint density at radius 2 is 2.19 bits per heavy atom. The Bertz CT molecular complexity index is 565. The third kappa shape index (κ3) is 1.48. The number of hydrogen-bond donors (Lipinski definition) is 1. The standard InChI is InChI=1S/C12H12N4/c1-2-6-11-10(5-1)15-12-14-8-4-3-7-13-9-16(11)12/h1-7H,8-9H2,(H,14,15)/b4-3-,13-7-. The molecule has 0 spiro atoms. The Labute approximate surface area is 93.3 Å². The van der Waals surface area contributed by atoms with E-state index in [2.05, 4.69) is 25.9 Å². The molecular weight excluding hydrogens is 200 g/mol. The number of para-hydroxylation sites is 2. The van der Waals surface area contributed by atoms with Crippen LogP contribution in [0.5, 0.6) is 0 Å². The van der Waals surface area contributed by atoms with E-state index < -0.39 is 0 Å². The van der Waals surface area contributed by atoms with Crippen molar-refractivity contribution in [1.82, 2.24) is 9.55 Å². The number of nitrogens with one attached hydrogen (secondary N) is 1. The van der Waals surface area contributed by atoms with Crippen LogP contribution >= 0.6 is 0 Å². The first-order valence-electron chi connectivity index (χ1n) is 5.29. The summed E-state index contributed by atoms with van der Waals surface area (Å²) < 4.78 is 2.08. The fourth-order valence-electron chi connectivity index (χ4n) is 1.82. The lowest BCUT2D eigenvalue weighted by Gasteiger charge is -2.05. The van der Waals surface area contributed by atoms with Crippen LogP contribution in [0, 0.1) is 0 Å². The molecule has 0 amide bonds. The van der Waals surface area contributed by atoms with Gasteiger partial charge in [-0.25, -0.2) is 4.98 Å². The zero-order chi connectivity index (χ0) is 10.8. The number of aliphatic imine (C=N–C) groups is 1. The van der Waals surface area contributed by atoms with Gasteiger partial charge in [-0.05, 0) is 18.2 Å². The second-order valence-electron chi connectivity index (χ2n) is 3.63. The third-order valence-corrected chi connectivity index (χ3v) is 2.58. The summed E-state index contributed by atoms with van der Waals surface area (Å²) in [6, 6.07) is 8.10. The fourth-order valence-corrected chi connectivity index (χ4v) is 1.82. The summed E-state index contributed by atoms with van der Waals surface area (Å²) in [6.07, 6.45) is 5.80. The van der Waals surface area contributed by atoms with E-state index in [0.717, 1.165) is 23.5 Å². The summed E-state index contributed by atoms with van der Waals surface area (Å²) in [5.41, 5.74) is 2.12. The Kier molecular flexibility index (Phi) is 2.18. The molecule has 1 N–H and O–H groups in total. The van der Waals surface area contributed by atoms with E-state index in [-0.39, 0.29) is 0 Å². The van der Waals surface area contributed by atoms with Crippen molar-refractivity contribution in [3.05, 3.63) is 36.4 Å². The predicted octanol–water partition coefficient (Wildman–Crippen LogP) is 2.05. The maximum absolute atomic E-state index is 4.54. The minimum absolute atomic E-state index is 0.604. The van der Waals surface area contributed by atoms with Crippen LogP contribution in [-0.2, 0) is 6.67 Å². The maximum Gasteiger partial charge on any atom is 0.205 e. The molecule has 3 rings (SSSR count). The molecule has 0 atom stereocenters. The zero-order valence-electron chi connectivity index (χ0n) is 8.80. The van der Waals surface area contributed by atoms with Crippen molar-refractivity contribution < 1.29 is 0 Å². The van der Waals surface area contributed by atoms with Crippen LogP contribution in [0.3, 0.4) is 0 Å². The molecule has 1 aliphatic rings. The molecule has 1 aliphatic heterocycles. The number of rotatable bonds is 0. The second kappa shape index (κ2) is 3.81. The van der Waals surface area contributed by atoms with E-state index in [1.807, 2.05) is 36.6 Å². The van der Waals surface area contributed by atoms with Crippen LogP contribution in [0.4, 0.5) is 5.95 Å². The lowest BCUT2D eigenvalue weighted by Crippen LogP contribution is -2.06. The largest absolute Gasteiger partial charge is 0.352 e. The highest BCUT2D eigenvalue weighted by Gasteiger charge is 2.08. The second-order valence-corrected chi connectivity index (χ2v) is 3.63. The lowest BCUT2D eigenvalue weighted by molar-refractivity contribution is 0.767. The Morgan fingerprint density at radius 1 is 1.25 bits per heavy atom. The molecule has 0 saturated carbocycles. The highest BCUT2D eigenvalue weighted by molar-refractivity contribution is 5.79. The SMILES string of the molecule is C1=C\CNc2nc3ccccc3n2C\N=C/1. The predicted molar refractivity (Wildman–Crippen MR) is 65.9 cm³/mol. The molecule has 2 aromatic rings. The average molecular weight is 212 g/mol. The minimum Gasteiger partial charge on any atom is -0.352 e. The smallest absolute Gasteiger partial charge is 0.205 e. The van der Waals surface area contributed by atoms with E-state index in [4.69, 9.17) is 0 Å². The van der Waals surface area contributed by atoms with Gasteiger partial charge in [-0.2, -0.15) is 0 Å². The molecule has 80 valence electrons. The van der Waals surface area contributed by atoms with Gasteiger partial charge in [-0.1, -0.05) is 18.2 Å². The molecule has 4 heteroatoms. The van der Waals surface area contributed by atoms with Crippen LogP contribution in [0.2, 0.25) is 0 Å². The summed E-state index contributed by atoms with van der Waals surface area (Å²) in [5, 5.41) is 3.28. The number of nitrogens with zero attached hydrogens (tertiary/aromatic N) is 3. The van der Waals surface area contributed by atoms with E-state index in [1.165, 1.54) is 0 Å². The third-order valence-electron chi connectivity index (χ3n) is 2.58. The van der Waals surface area contributed by atoms with E-state index in [0.29, 0.717) is 6.67 Å². The normalized spacial score (nSPS) is 19.0. The zero-order valence-corrected chi connectivity index (χ0v) is 8.80. The molecule has 0 saturated heterocycles. The van der Waals surface area contributed by atoms with E-state index in [9.17, 15) is 0 Å². The Hall–Kier alpha value is -2.10. The molecule has 1 aromatic carbocycles. The number of anilines is 1. The highest BCUT2D eigenvalue weighted by Crippen LogP contribution is 2.19. The molecule has 0 fully saturated rings. The van der Waals surface area contributed by atoms with Crippen LogP contribution in [0.25, 0.3) is 11.0 Å². The number of imidazole rings is 1. The van der Waals surface area contributed by atoms with E-state index in [1.54, 1.807) is 0 Å². The summed E-state index contributed by atoms with van der Waals surface area (Å²) in [5.74, 6) is 0.880. The first kappa shape index (κ1) is 9.15. The van der Waals surface area contributed by atoms with Gasteiger partial charge in [0.25, 0.3) is 0 Å². The van der Waals surface area contributed by atoms with Crippen LogP contribution in [-0.4, -0.2) is 22.3 Å². The van der Waals surface area contributed by atoms with Gasteiger partial charge in [0.2, 0.25) is 5.95 Å². The van der Waals surface area contributed by atoms with Crippen molar-refractivity contribution >= 4 is 23.2 Å². The topological polar surface area (TPSA) is 42.2 Å². The van der Waals surface area contributed by atoms with Crippen molar-refractivity contribution in [1.29, 1.82) is 0 Å². The Balaban J connectivity index is 2.16. The van der Waals surface area contributed by atoms with E-state index >= 15 is 0 Å². The van der Waals surface area contributed by atoms with Gasteiger partial charge in [0.05, 0.1) is 11.0 Å². The van der Waals surface area contributed by atoms with Crippen molar-refractivity contribution in [2.24, 2.45) is 4.99 Å². The van der Waals surface area contributed by atoms with Gasteiger partial charge >= 0.3 is 0 Å². The van der Waals surface area contributed by atoms with Crippen molar-refractivity contribution in [3.8, 4) is 0 Å². The molecule has 0 aliphatic carbocycles. The number of benzene rings is 1. The summed E-state index contributed by atoms with van der Waals surface area (Å²) in [6.45, 7) is 1.38. The van der Waals surface area contributed by atoms with Crippen LogP contribution < -0.4 is 5.32 Å². The number of allylic oxidation sites excluding steroid dienone is 1. The Morgan fingerprint density at radius 3 is 3.19 bits per heavy atom. The lowest BCUT2D eigenvalue weighted by atomic mass is 10.3. The highest BCUT2D eigenvalue weighted by atomic mass is 15.2. The fraction of sp³-hybridized carbons (Fsp3) is 0.167. The van der Waals surface area contributed by atoms with Gasteiger partial charge in [-0.3, -0.25) is 9.56 Å². The van der Waals surface area contributed by atoms with Crippen molar-refractivity contribution in [2.45, 2.75) is 6.67 Å². The molecule has 16 heavy (non-hydrogen) atoms. The van der Waals surface area contributed by atoms with Gasteiger partial charge in [-0.15, -0.1) is 0 Å². The summed E-state index contributed by atoms with van der Waals surface area (Å²) in [7, 11) is 0.